The Bertz CT molecular complexity index is 721. The lowest BCUT2D eigenvalue weighted by Crippen LogP contribution is -2.29. The quantitative estimate of drug-likeness (QED) is 0.653. The van der Waals surface area contributed by atoms with E-state index in [1.54, 1.807) is 36.4 Å². The van der Waals surface area contributed by atoms with Crippen LogP contribution in [-0.4, -0.2) is 23.3 Å². The van der Waals surface area contributed by atoms with Crippen molar-refractivity contribution in [3.63, 3.8) is 0 Å². The second-order valence-electron chi connectivity index (χ2n) is 4.59. The van der Waals surface area contributed by atoms with Crippen LogP contribution in [0.5, 0.6) is 5.75 Å². The molecule has 0 bridgehead atoms. The molecule has 2 rings (SSSR count). The number of pyridine rings is 1. The number of amides is 1. The van der Waals surface area contributed by atoms with Gasteiger partial charge < -0.3 is 10.1 Å². The molecule has 0 spiro atoms. The van der Waals surface area contributed by atoms with Crippen LogP contribution in [0.2, 0.25) is 0 Å². The van der Waals surface area contributed by atoms with Crippen molar-refractivity contribution < 1.29 is 14.3 Å². The summed E-state index contributed by atoms with van der Waals surface area (Å²) in [5, 5.41) is 11.6. The lowest BCUT2D eigenvalue weighted by atomic mass is 9.98. The fourth-order valence-electron chi connectivity index (χ4n) is 1.92. The number of aromatic nitrogens is 1. The molecule has 0 radical (unpaired) electrons. The van der Waals surface area contributed by atoms with Crippen molar-refractivity contribution in [2.75, 3.05) is 11.9 Å². The number of hydrogen-bond donors (Lipinski definition) is 1. The average molecular weight is 309 g/mol. The van der Waals surface area contributed by atoms with E-state index in [0.29, 0.717) is 12.4 Å². The van der Waals surface area contributed by atoms with Crippen LogP contribution in [0.15, 0.2) is 48.7 Å². The SMILES string of the molecule is CCOc1ccc(C(=O)[C@@H](C#N)C(=O)Nc2ccccn2)cc1. The molecular formula is C17H15N3O3. The fraction of sp³-hybridized carbons (Fsp3) is 0.176. The number of anilines is 1. The molecule has 0 saturated heterocycles. The van der Waals surface area contributed by atoms with E-state index in [1.165, 1.54) is 18.3 Å². The van der Waals surface area contributed by atoms with Crippen LogP contribution < -0.4 is 10.1 Å². The maximum atomic E-state index is 12.3. The van der Waals surface area contributed by atoms with Gasteiger partial charge in [-0.25, -0.2) is 4.98 Å². The monoisotopic (exact) mass is 309 g/mol. The molecule has 116 valence electrons. The Morgan fingerprint density at radius 2 is 2.00 bits per heavy atom. The highest BCUT2D eigenvalue weighted by Gasteiger charge is 2.27. The minimum Gasteiger partial charge on any atom is -0.494 e. The van der Waals surface area contributed by atoms with E-state index in [4.69, 9.17) is 10.00 Å². The fourth-order valence-corrected chi connectivity index (χ4v) is 1.92. The van der Waals surface area contributed by atoms with Crippen molar-refractivity contribution in [1.82, 2.24) is 4.98 Å². The number of ether oxygens (including phenoxy) is 1. The van der Waals surface area contributed by atoms with Gasteiger partial charge in [-0.15, -0.1) is 0 Å². The van der Waals surface area contributed by atoms with Gasteiger partial charge in [-0.3, -0.25) is 9.59 Å². The molecule has 2 aromatic rings. The Labute approximate surface area is 133 Å². The molecule has 1 heterocycles. The van der Waals surface area contributed by atoms with E-state index in [2.05, 4.69) is 10.3 Å². The van der Waals surface area contributed by atoms with E-state index in [0.717, 1.165) is 0 Å². The predicted octanol–water partition coefficient (Wildman–Crippen LogP) is 2.44. The summed E-state index contributed by atoms with van der Waals surface area (Å²) in [6.07, 6.45) is 1.51. The second-order valence-corrected chi connectivity index (χ2v) is 4.59. The van der Waals surface area contributed by atoms with E-state index < -0.39 is 17.6 Å². The first kappa shape index (κ1) is 16.2. The number of rotatable bonds is 6. The molecule has 1 N–H and O–H groups in total. The van der Waals surface area contributed by atoms with Crippen LogP contribution in [0.25, 0.3) is 0 Å². The third-order valence-electron chi connectivity index (χ3n) is 3.02. The number of ketones is 1. The van der Waals surface area contributed by atoms with Gasteiger partial charge in [0.05, 0.1) is 12.7 Å². The van der Waals surface area contributed by atoms with Gasteiger partial charge in [0.1, 0.15) is 11.6 Å². The Morgan fingerprint density at radius 3 is 2.57 bits per heavy atom. The van der Waals surface area contributed by atoms with Gasteiger partial charge >= 0.3 is 0 Å². The van der Waals surface area contributed by atoms with Gasteiger partial charge in [0, 0.05) is 11.8 Å². The summed E-state index contributed by atoms with van der Waals surface area (Å²) in [7, 11) is 0. The molecule has 0 fully saturated rings. The molecule has 6 heteroatoms. The Hall–Kier alpha value is -3.20. The standard InChI is InChI=1S/C17H15N3O3/c1-2-23-13-8-6-12(7-9-13)16(21)14(11-18)17(22)20-15-5-3-4-10-19-15/h3-10,14H,2H2,1H3,(H,19,20,22)/t14-/m1/s1. The lowest BCUT2D eigenvalue weighted by Gasteiger charge is -2.09. The van der Waals surface area contributed by atoms with Gasteiger partial charge in [-0.1, -0.05) is 6.07 Å². The smallest absolute Gasteiger partial charge is 0.250 e. The second kappa shape index (κ2) is 7.71. The van der Waals surface area contributed by atoms with Crippen LogP contribution in [0.4, 0.5) is 5.82 Å². The third-order valence-corrected chi connectivity index (χ3v) is 3.02. The van der Waals surface area contributed by atoms with Crippen molar-refractivity contribution in [2.24, 2.45) is 5.92 Å². The number of benzene rings is 1. The minimum absolute atomic E-state index is 0.274. The van der Waals surface area contributed by atoms with Crippen molar-refractivity contribution in [3.05, 3.63) is 54.2 Å². The lowest BCUT2D eigenvalue weighted by molar-refractivity contribution is -0.117. The van der Waals surface area contributed by atoms with E-state index in [-0.39, 0.29) is 11.4 Å². The highest BCUT2D eigenvalue weighted by atomic mass is 16.5. The molecule has 0 aliphatic heterocycles. The first-order valence-electron chi connectivity index (χ1n) is 7.04. The Kier molecular flexibility index (Phi) is 5.42. The van der Waals surface area contributed by atoms with Crippen LogP contribution >= 0.6 is 0 Å². The number of nitrogens with one attached hydrogen (secondary N) is 1. The van der Waals surface area contributed by atoms with Crippen LogP contribution in [0, 0.1) is 17.2 Å². The topological polar surface area (TPSA) is 92.1 Å². The molecule has 1 amide bonds. The summed E-state index contributed by atoms with van der Waals surface area (Å²) in [6.45, 7) is 2.37. The molecule has 1 aromatic heterocycles. The molecule has 0 aliphatic carbocycles. The predicted molar refractivity (Wildman–Crippen MR) is 83.9 cm³/mol. The Balaban J connectivity index is 2.11. The molecule has 0 unspecified atom stereocenters. The summed E-state index contributed by atoms with van der Waals surface area (Å²) in [5.74, 6) is -1.79. The molecular weight excluding hydrogens is 294 g/mol. The molecule has 6 nitrogen and oxygen atoms in total. The number of hydrogen-bond acceptors (Lipinski definition) is 5. The molecule has 1 atom stereocenters. The summed E-state index contributed by atoms with van der Waals surface area (Å²) < 4.78 is 5.29. The van der Waals surface area contributed by atoms with Crippen molar-refractivity contribution in [2.45, 2.75) is 6.92 Å². The molecule has 0 saturated carbocycles. The number of carbonyl (C=O) groups excluding carboxylic acids is 2. The van der Waals surface area contributed by atoms with Crippen LogP contribution in [0.1, 0.15) is 17.3 Å². The van der Waals surface area contributed by atoms with Crippen molar-refractivity contribution >= 4 is 17.5 Å². The summed E-state index contributed by atoms with van der Waals surface area (Å²) in [5.41, 5.74) is 0.274. The van der Waals surface area contributed by atoms with Gasteiger partial charge in [0.2, 0.25) is 0 Å². The number of nitriles is 1. The third kappa shape index (κ3) is 4.14. The zero-order valence-corrected chi connectivity index (χ0v) is 12.5. The number of nitrogens with zero attached hydrogens (tertiary/aromatic N) is 2. The normalized spacial score (nSPS) is 11.1. The minimum atomic E-state index is -1.44. The maximum absolute atomic E-state index is 12.3. The maximum Gasteiger partial charge on any atom is 0.250 e. The van der Waals surface area contributed by atoms with Crippen molar-refractivity contribution in [1.29, 1.82) is 5.26 Å². The van der Waals surface area contributed by atoms with Crippen molar-refractivity contribution in [3.8, 4) is 11.8 Å². The number of carbonyl (C=O) groups is 2. The van der Waals surface area contributed by atoms with E-state index >= 15 is 0 Å². The van der Waals surface area contributed by atoms with E-state index in [1.807, 2.05) is 6.92 Å². The summed E-state index contributed by atoms with van der Waals surface area (Å²) >= 11 is 0. The summed E-state index contributed by atoms with van der Waals surface area (Å²) in [6, 6.07) is 13.0. The first-order valence-corrected chi connectivity index (χ1v) is 7.04. The van der Waals surface area contributed by atoms with E-state index in [9.17, 15) is 9.59 Å². The van der Waals surface area contributed by atoms with Crippen LogP contribution in [0.3, 0.4) is 0 Å². The zero-order valence-electron chi connectivity index (χ0n) is 12.5. The Morgan fingerprint density at radius 1 is 1.26 bits per heavy atom. The molecule has 23 heavy (non-hydrogen) atoms. The summed E-state index contributed by atoms with van der Waals surface area (Å²) in [4.78, 5) is 28.4. The van der Waals surface area contributed by atoms with Gasteiger partial charge in [-0.2, -0.15) is 5.26 Å². The first-order chi connectivity index (χ1) is 11.2. The van der Waals surface area contributed by atoms with Gasteiger partial charge in [0.25, 0.3) is 5.91 Å². The zero-order chi connectivity index (χ0) is 16.7. The molecule has 0 aliphatic rings. The van der Waals surface area contributed by atoms with Gasteiger partial charge in [-0.05, 0) is 43.3 Å². The number of Topliss-reactive ketones (excluding diaryl/α,β-unsaturated/α-hetero) is 1. The molecule has 1 aromatic carbocycles. The largest absolute Gasteiger partial charge is 0.494 e. The van der Waals surface area contributed by atoms with Gasteiger partial charge in [0.15, 0.2) is 11.7 Å². The highest BCUT2D eigenvalue weighted by molar-refractivity contribution is 6.15. The average Bonchev–Trinajstić information content (AvgIpc) is 2.57. The highest BCUT2D eigenvalue weighted by Crippen LogP contribution is 2.16. The van der Waals surface area contributed by atoms with Crippen LogP contribution in [-0.2, 0) is 4.79 Å².